The van der Waals surface area contributed by atoms with Crippen LogP contribution in [0.1, 0.15) is 32.1 Å². The highest BCUT2D eigenvalue weighted by Gasteiger charge is 2.22. The van der Waals surface area contributed by atoms with E-state index in [0.717, 1.165) is 25.0 Å². The smallest absolute Gasteiger partial charge is 0.326 e. The van der Waals surface area contributed by atoms with Crippen LogP contribution < -0.4 is 10.6 Å². The van der Waals surface area contributed by atoms with Gasteiger partial charge in [0, 0.05) is 12.8 Å². The summed E-state index contributed by atoms with van der Waals surface area (Å²) in [4.78, 5) is 22.4. The van der Waals surface area contributed by atoms with Crippen molar-refractivity contribution < 1.29 is 23.1 Å². The maximum Gasteiger partial charge on any atom is 0.326 e. The molecule has 0 bridgehead atoms. The van der Waals surface area contributed by atoms with Gasteiger partial charge in [0.05, 0.1) is 5.75 Å². The minimum atomic E-state index is -3.25. The molecule has 1 saturated carbocycles. The standard InChI is InChI=1S/C12H22N2O5S/c1-20(18,19)8-6-10(11(15)16)14-12(17)13-7-2-3-9-4-5-9/h9-10H,2-8H2,1H3,(H,15,16)(H2,13,14,17). The van der Waals surface area contributed by atoms with Gasteiger partial charge < -0.3 is 15.7 Å². The highest BCUT2D eigenvalue weighted by molar-refractivity contribution is 7.90. The SMILES string of the molecule is CS(=O)(=O)CCC(NC(=O)NCCCC1CC1)C(=O)O. The van der Waals surface area contributed by atoms with Crippen molar-refractivity contribution in [1.82, 2.24) is 10.6 Å². The Balaban J connectivity index is 2.24. The van der Waals surface area contributed by atoms with Crippen molar-refractivity contribution >= 4 is 21.8 Å². The van der Waals surface area contributed by atoms with Gasteiger partial charge in [0.15, 0.2) is 0 Å². The normalized spacial score (nSPS) is 16.4. The second-order valence-corrected chi connectivity index (χ2v) is 7.55. The molecular weight excluding hydrogens is 284 g/mol. The molecule has 1 atom stereocenters. The Morgan fingerprint density at radius 1 is 1.35 bits per heavy atom. The molecule has 0 saturated heterocycles. The van der Waals surface area contributed by atoms with Crippen molar-refractivity contribution in [2.45, 2.75) is 38.1 Å². The molecule has 1 unspecified atom stereocenters. The van der Waals surface area contributed by atoms with Crippen LogP contribution in [0.3, 0.4) is 0 Å². The number of carbonyl (C=O) groups is 2. The van der Waals surface area contributed by atoms with E-state index < -0.39 is 27.9 Å². The molecule has 116 valence electrons. The fourth-order valence-electron chi connectivity index (χ4n) is 1.80. The van der Waals surface area contributed by atoms with Gasteiger partial charge in [-0.25, -0.2) is 18.0 Å². The van der Waals surface area contributed by atoms with Crippen molar-refractivity contribution in [1.29, 1.82) is 0 Å². The van der Waals surface area contributed by atoms with Gasteiger partial charge in [0.2, 0.25) is 0 Å². The number of urea groups is 1. The summed E-state index contributed by atoms with van der Waals surface area (Å²) in [6, 6.07) is -1.75. The van der Waals surface area contributed by atoms with Gasteiger partial charge in [-0.05, 0) is 25.2 Å². The lowest BCUT2D eigenvalue weighted by Crippen LogP contribution is -2.46. The van der Waals surface area contributed by atoms with E-state index in [2.05, 4.69) is 10.6 Å². The molecule has 0 aromatic rings. The number of sulfone groups is 1. The molecule has 20 heavy (non-hydrogen) atoms. The molecule has 0 heterocycles. The van der Waals surface area contributed by atoms with Crippen LogP contribution in [-0.2, 0) is 14.6 Å². The van der Waals surface area contributed by atoms with Crippen LogP contribution in [0.5, 0.6) is 0 Å². The first-order valence-corrected chi connectivity index (χ1v) is 8.79. The Morgan fingerprint density at radius 3 is 2.50 bits per heavy atom. The van der Waals surface area contributed by atoms with E-state index in [1.165, 1.54) is 12.8 Å². The maximum atomic E-state index is 11.5. The average molecular weight is 306 g/mol. The minimum absolute atomic E-state index is 0.135. The third kappa shape index (κ3) is 7.98. The lowest BCUT2D eigenvalue weighted by Gasteiger charge is -2.14. The van der Waals surface area contributed by atoms with Crippen LogP contribution in [0.2, 0.25) is 0 Å². The lowest BCUT2D eigenvalue weighted by atomic mass is 10.2. The number of rotatable bonds is 9. The van der Waals surface area contributed by atoms with Crippen molar-refractivity contribution in [2.24, 2.45) is 5.92 Å². The Hall–Kier alpha value is -1.31. The first-order valence-electron chi connectivity index (χ1n) is 6.73. The van der Waals surface area contributed by atoms with Gasteiger partial charge in [-0.3, -0.25) is 0 Å². The van der Waals surface area contributed by atoms with E-state index in [9.17, 15) is 18.0 Å². The summed E-state index contributed by atoms with van der Waals surface area (Å²) in [5.41, 5.74) is 0. The van der Waals surface area contributed by atoms with Crippen LogP contribution in [0.4, 0.5) is 4.79 Å². The summed E-state index contributed by atoms with van der Waals surface area (Å²) in [7, 11) is -3.25. The third-order valence-electron chi connectivity index (χ3n) is 3.15. The first-order chi connectivity index (χ1) is 9.28. The van der Waals surface area contributed by atoms with E-state index in [0.29, 0.717) is 6.54 Å². The zero-order valence-corrected chi connectivity index (χ0v) is 12.4. The van der Waals surface area contributed by atoms with Crippen LogP contribution in [-0.4, -0.2) is 50.1 Å². The maximum absolute atomic E-state index is 11.5. The minimum Gasteiger partial charge on any atom is -0.480 e. The summed E-state index contributed by atoms with van der Waals surface area (Å²) in [6.07, 6.45) is 5.38. The second-order valence-electron chi connectivity index (χ2n) is 5.30. The fourth-order valence-corrected chi connectivity index (χ4v) is 2.46. The van der Waals surface area contributed by atoms with Gasteiger partial charge in [0.25, 0.3) is 0 Å². The van der Waals surface area contributed by atoms with E-state index in [-0.39, 0.29) is 12.2 Å². The molecule has 0 spiro atoms. The molecule has 1 fully saturated rings. The average Bonchev–Trinajstić information content (AvgIpc) is 3.12. The van der Waals surface area contributed by atoms with E-state index in [1.807, 2.05) is 0 Å². The summed E-state index contributed by atoms with van der Waals surface area (Å²) in [5.74, 6) is -0.713. The molecule has 0 radical (unpaired) electrons. The van der Waals surface area contributed by atoms with Crippen LogP contribution in [0.15, 0.2) is 0 Å². The number of carboxylic acids is 1. The van der Waals surface area contributed by atoms with Gasteiger partial charge in [-0.15, -0.1) is 0 Å². The predicted molar refractivity (Wildman–Crippen MR) is 74.2 cm³/mol. The number of nitrogens with one attached hydrogen (secondary N) is 2. The summed E-state index contributed by atoms with van der Waals surface area (Å²) < 4.78 is 22.0. The highest BCUT2D eigenvalue weighted by Crippen LogP contribution is 2.33. The molecule has 1 aliphatic carbocycles. The van der Waals surface area contributed by atoms with Crippen molar-refractivity contribution in [3.05, 3.63) is 0 Å². The van der Waals surface area contributed by atoms with Crippen LogP contribution in [0, 0.1) is 5.92 Å². The number of aliphatic carboxylic acids is 1. The van der Waals surface area contributed by atoms with Gasteiger partial charge in [-0.2, -0.15) is 0 Å². The molecule has 0 aliphatic heterocycles. The number of hydrogen-bond acceptors (Lipinski definition) is 4. The predicted octanol–water partition coefficient (Wildman–Crippen LogP) is 0.364. The number of carbonyl (C=O) groups excluding carboxylic acids is 1. The van der Waals surface area contributed by atoms with Crippen molar-refractivity contribution in [3.63, 3.8) is 0 Å². The van der Waals surface area contributed by atoms with Gasteiger partial charge >= 0.3 is 12.0 Å². The Kier molecular flexibility index (Phi) is 6.25. The Bertz CT molecular complexity index is 445. The Labute approximate surface area is 119 Å². The van der Waals surface area contributed by atoms with Gasteiger partial charge in [-0.1, -0.05) is 12.8 Å². The lowest BCUT2D eigenvalue weighted by molar-refractivity contribution is -0.139. The molecule has 1 rings (SSSR count). The van der Waals surface area contributed by atoms with Crippen LogP contribution >= 0.6 is 0 Å². The van der Waals surface area contributed by atoms with Crippen molar-refractivity contribution in [2.75, 3.05) is 18.6 Å². The topological polar surface area (TPSA) is 113 Å². The number of carboxylic acid groups (broad SMARTS) is 1. The molecule has 7 nitrogen and oxygen atoms in total. The van der Waals surface area contributed by atoms with Gasteiger partial charge in [0.1, 0.15) is 15.9 Å². The molecule has 1 aliphatic rings. The Morgan fingerprint density at radius 2 is 2.00 bits per heavy atom. The second kappa shape index (κ2) is 7.47. The quantitative estimate of drug-likeness (QED) is 0.533. The monoisotopic (exact) mass is 306 g/mol. The molecule has 8 heteroatoms. The van der Waals surface area contributed by atoms with E-state index in [1.54, 1.807) is 0 Å². The molecule has 0 aromatic heterocycles. The zero-order chi connectivity index (χ0) is 15.2. The summed E-state index contributed by atoms with van der Waals surface area (Å²) in [6.45, 7) is 0.501. The first kappa shape index (κ1) is 16.7. The van der Waals surface area contributed by atoms with Crippen molar-refractivity contribution in [3.8, 4) is 0 Å². The summed E-state index contributed by atoms with van der Waals surface area (Å²) >= 11 is 0. The summed E-state index contributed by atoms with van der Waals surface area (Å²) in [5, 5.41) is 13.8. The fraction of sp³-hybridized carbons (Fsp3) is 0.833. The molecule has 3 N–H and O–H groups in total. The highest BCUT2D eigenvalue weighted by atomic mass is 32.2. The number of amides is 2. The van der Waals surface area contributed by atoms with E-state index in [4.69, 9.17) is 5.11 Å². The molecule has 0 aromatic carbocycles. The third-order valence-corrected chi connectivity index (χ3v) is 4.13. The van der Waals surface area contributed by atoms with Crippen LogP contribution in [0.25, 0.3) is 0 Å². The zero-order valence-electron chi connectivity index (χ0n) is 11.6. The molecule has 2 amide bonds. The van der Waals surface area contributed by atoms with E-state index >= 15 is 0 Å². The largest absolute Gasteiger partial charge is 0.480 e. The molecular formula is C12H22N2O5S. The number of hydrogen-bond donors (Lipinski definition) is 3.